The van der Waals surface area contributed by atoms with Gasteiger partial charge < -0.3 is 10.2 Å². The van der Waals surface area contributed by atoms with Gasteiger partial charge in [0, 0.05) is 12.1 Å². The van der Waals surface area contributed by atoms with E-state index in [1.165, 1.54) is 12.1 Å². The summed E-state index contributed by atoms with van der Waals surface area (Å²) in [5.74, 6) is -0.563. The van der Waals surface area contributed by atoms with Gasteiger partial charge in [-0.25, -0.2) is 4.39 Å². The summed E-state index contributed by atoms with van der Waals surface area (Å²) in [6.45, 7) is 2.03. The first-order valence-corrected chi connectivity index (χ1v) is 6.45. The molecule has 1 fully saturated rings. The average Bonchev–Trinajstić information content (AvgIpc) is 2.57. The highest BCUT2D eigenvalue weighted by Gasteiger charge is 2.17. The van der Waals surface area contributed by atoms with E-state index < -0.39 is 10.7 Å². The van der Waals surface area contributed by atoms with Crippen LogP contribution in [-0.4, -0.2) is 36.0 Å². The lowest BCUT2D eigenvalue weighted by Gasteiger charge is -2.18. The molecule has 1 saturated heterocycles. The van der Waals surface area contributed by atoms with Crippen molar-refractivity contribution < 1.29 is 9.31 Å². The van der Waals surface area contributed by atoms with Crippen molar-refractivity contribution in [2.75, 3.05) is 25.5 Å². The molecule has 0 saturated carbocycles. The van der Waals surface area contributed by atoms with Crippen LogP contribution in [-0.2, 0) is 0 Å². The molecule has 5 nitrogen and oxygen atoms in total. The number of benzene rings is 1. The van der Waals surface area contributed by atoms with Crippen molar-refractivity contribution in [3.05, 3.63) is 34.1 Å². The highest BCUT2D eigenvalue weighted by molar-refractivity contribution is 5.50. The summed E-state index contributed by atoms with van der Waals surface area (Å²) in [5, 5.41) is 13.7. The molecule has 1 aliphatic rings. The van der Waals surface area contributed by atoms with Gasteiger partial charge in [0.1, 0.15) is 0 Å². The summed E-state index contributed by atoms with van der Waals surface area (Å²) in [4.78, 5) is 12.2. The molecule has 1 aromatic rings. The van der Waals surface area contributed by atoms with Gasteiger partial charge in [0.15, 0.2) is 5.82 Å². The summed E-state index contributed by atoms with van der Waals surface area (Å²) in [6, 6.07) is 3.96. The number of halogens is 1. The number of likely N-dealkylation sites (tertiary alicyclic amines) is 1. The number of nitro benzene ring substituents is 1. The molecule has 1 atom stereocenters. The lowest BCUT2D eigenvalue weighted by Crippen LogP contribution is -2.23. The Hall–Kier alpha value is -1.69. The van der Waals surface area contributed by atoms with E-state index in [4.69, 9.17) is 0 Å². The maximum atomic E-state index is 13.8. The zero-order chi connectivity index (χ0) is 13.8. The van der Waals surface area contributed by atoms with Crippen LogP contribution in [0, 0.1) is 15.9 Å². The Morgan fingerprint density at radius 2 is 2.21 bits per heavy atom. The minimum Gasteiger partial charge on any atom is -0.380 e. The molecule has 1 unspecified atom stereocenters. The van der Waals surface area contributed by atoms with Gasteiger partial charge >= 0.3 is 0 Å². The number of hydrogen-bond acceptors (Lipinski definition) is 4. The van der Waals surface area contributed by atoms with E-state index in [-0.39, 0.29) is 11.7 Å². The van der Waals surface area contributed by atoms with Crippen LogP contribution in [0.4, 0.5) is 15.8 Å². The summed E-state index contributed by atoms with van der Waals surface area (Å²) in [5.41, 5.74) is 0.129. The van der Waals surface area contributed by atoms with Crippen molar-refractivity contribution in [3.63, 3.8) is 0 Å². The fourth-order valence-electron chi connectivity index (χ4n) is 2.34. The van der Waals surface area contributed by atoms with Crippen LogP contribution in [0.25, 0.3) is 0 Å². The highest BCUT2D eigenvalue weighted by atomic mass is 19.1. The molecule has 1 aromatic carbocycles. The molecule has 0 spiro atoms. The van der Waals surface area contributed by atoms with Crippen LogP contribution in [0.15, 0.2) is 18.2 Å². The summed E-state index contributed by atoms with van der Waals surface area (Å²) >= 11 is 0. The SMILES string of the molecule is CN1CCCC(Nc2ccc([N+](=O)[O-])cc2F)CC1. The quantitative estimate of drug-likeness (QED) is 0.675. The normalized spacial score (nSPS) is 20.8. The Labute approximate surface area is 111 Å². The smallest absolute Gasteiger partial charge is 0.272 e. The van der Waals surface area contributed by atoms with Gasteiger partial charge in [-0.15, -0.1) is 0 Å². The molecule has 1 aliphatic heterocycles. The second-order valence-corrected chi connectivity index (χ2v) is 5.00. The number of nitrogens with zero attached hydrogens (tertiary/aromatic N) is 2. The predicted molar refractivity (Wildman–Crippen MR) is 71.8 cm³/mol. The van der Waals surface area contributed by atoms with Gasteiger partial charge in [0.05, 0.1) is 16.7 Å². The molecule has 19 heavy (non-hydrogen) atoms. The third kappa shape index (κ3) is 3.64. The Bertz CT molecular complexity index is 467. The summed E-state index contributed by atoms with van der Waals surface area (Å²) < 4.78 is 13.8. The van der Waals surface area contributed by atoms with E-state index in [2.05, 4.69) is 17.3 Å². The molecular weight excluding hydrogens is 249 g/mol. The third-order valence-electron chi connectivity index (χ3n) is 3.47. The average molecular weight is 267 g/mol. The van der Waals surface area contributed by atoms with E-state index in [0.717, 1.165) is 38.4 Å². The van der Waals surface area contributed by atoms with Gasteiger partial charge in [-0.2, -0.15) is 0 Å². The first-order chi connectivity index (χ1) is 9.06. The van der Waals surface area contributed by atoms with Crippen LogP contribution in [0.2, 0.25) is 0 Å². The third-order valence-corrected chi connectivity index (χ3v) is 3.47. The summed E-state index contributed by atoms with van der Waals surface area (Å²) in [6.07, 6.45) is 3.01. The molecule has 0 bridgehead atoms. The molecular formula is C13H18FN3O2. The van der Waals surface area contributed by atoms with E-state index in [1.54, 1.807) is 0 Å². The molecule has 104 valence electrons. The maximum Gasteiger partial charge on any atom is 0.272 e. The van der Waals surface area contributed by atoms with Crippen LogP contribution in [0.1, 0.15) is 19.3 Å². The van der Waals surface area contributed by atoms with E-state index in [9.17, 15) is 14.5 Å². The zero-order valence-electron chi connectivity index (χ0n) is 10.9. The van der Waals surface area contributed by atoms with Crippen LogP contribution in [0.3, 0.4) is 0 Å². The van der Waals surface area contributed by atoms with Crippen LogP contribution < -0.4 is 5.32 Å². The number of anilines is 1. The number of nitrogens with one attached hydrogen (secondary N) is 1. The number of hydrogen-bond donors (Lipinski definition) is 1. The number of nitro groups is 1. The Kier molecular flexibility index (Phi) is 4.31. The van der Waals surface area contributed by atoms with Crippen molar-refractivity contribution >= 4 is 11.4 Å². The second-order valence-electron chi connectivity index (χ2n) is 5.00. The second kappa shape index (κ2) is 5.97. The lowest BCUT2D eigenvalue weighted by molar-refractivity contribution is -0.385. The maximum absolute atomic E-state index is 13.8. The van der Waals surface area contributed by atoms with E-state index in [1.807, 2.05) is 0 Å². The molecule has 0 amide bonds. The first kappa shape index (κ1) is 13.7. The van der Waals surface area contributed by atoms with Crippen molar-refractivity contribution in [3.8, 4) is 0 Å². The predicted octanol–water partition coefficient (Wildman–Crippen LogP) is 2.63. The zero-order valence-corrected chi connectivity index (χ0v) is 10.9. The van der Waals surface area contributed by atoms with Crippen molar-refractivity contribution in [2.45, 2.75) is 25.3 Å². The number of rotatable bonds is 3. The fraction of sp³-hybridized carbons (Fsp3) is 0.538. The van der Waals surface area contributed by atoms with E-state index in [0.29, 0.717) is 5.69 Å². The molecule has 0 aromatic heterocycles. The molecule has 0 aliphatic carbocycles. The highest BCUT2D eigenvalue weighted by Crippen LogP contribution is 2.23. The van der Waals surface area contributed by atoms with Gasteiger partial charge in [0.25, 0.3) is 5.69 Å². The largest absolute Gasteiger partial charge is 0.380 e. The van der Waals surface area contributed by atoms with Gasteiger partial charge in [-0.1, -0.05) is 0 Å². The van der Waals surface area contributed by atoms with Gasteiger partial charge in [-0.05, 0) is 45.5 Å². The van der Waals surface area contributed by atoms with Gasteiger partial charge in [0.2, 0.25) is 0 Å². The first-order valence-electron chi connectivity index (χ1n) is 6.45. The Morgan fingerprint density at radius 1 is 1.42 bits per heavy atom. The Balaban J connectivity index is 2.04. The molecule has 2 rings (SSSR count). The molecule has 1 heterocycles. The molecule has 0 radical (unpaired) electrons. The van der Waals surface area contributed by atoms with Crippen molar-refractivity contribution in [1.29, 1.82) is 0 Å². The van der Waals surface area contributed by atoms with Crippen molar-refractivity contribution in [1.82, 2.24) is 4.90 Å². The van der Waals surface area contributed by atoms with Crippen LogP contribution >= 0.6 is 0 Å². The lowest BCUT2D eigenvalue weighted by atomic mass is 10.1. The fourth-order valence-corrected chi connectivity index (χ4v) is 2.34. The standard InChI is InChI=1S/C13H18FN3O2/c1-16-7-2-3-10(6-8-16)15-13-5-4-11(17(18)19)9-12(13)14/h4-5,9-10,15H,2-3,6-8H2,1H3. The minimum absolute atomic E-state index is 0.219. The van der Waals surface area contributed by atoms with Gasteiger partial charge in [-0.3, -0.25) is 10.1 Å². The monoisotopic (exact) mass is 267 g/mol. The molecule has 1 N–H and O–H groups in total. The van der Waals surface area contributed by atoms with E-state index >= 15 is 0 Å². The number of non-ortho nitro benzene ring substituents is 1. The van der Waals surface area contributed by atoms with Crippen molar-refractivity contribution in [2.24, 2.45) is 0 Å². The van der Waals surface area contributed by atoms with Crippen LogP contribution in [0.5, 0.6) is 0 Å². The Morgan fingerprint density at radius 3 is 2.89 bits per heavy atom. The minimum atomic E-state index is -0.590. The summed E-state index contributed by atoms with van der Waals surface area (Å²) in [7, 11) is 2.08. The molecule has 6 heteroatoms. The topological polar surface area (TPSA) is 58.4 Å².